The first-order chi connectivity index (χ1) is 9.04. The second-order valence-corrected chi connectivity index (χ2v) is 5.92. The highest BCUT2D eigenvalue weighted by atomic mass is 79.9. The molecule has 0 atom stereocenters. The highest BCUT2D eigenvalue weighted by Gasteiger charge is 2.07. The Balaban J connectivity index is 2.21. The van der Waals surface area contributed by atoms with Gasteiger partial charge in [-0.25, -0.2) is 0 Å². The molecule has 0 aliphatic rings. The number of aliphatic carboxylic acids is 1. The van der Waals surface area contributed by atoms with Gasteiger partial charge in [-0.3, -0.25) is 4.79 Å². The zero-order valence-electron chi connectivity index (χ0n) is 9.84. The van der Waals surface area contributed by atoms with E-state index in [1.54, 1.807) is 12.1 Å². The Morgan fingerprint density at radius 2 is 1.74 bits per heavy atom. The molecule has 98 valence electrons. The number of carbonyl (C=O) groups is 1. The molecule has 0 heterocycles. The van der Waals surface area contributed by atoms with E-state index in [4.69, 9.17) is 5.11 Å². The van der Waals surface area contributed by atoms with E-state index in [0.29, 0.717) is 0 Å². The number of carboxylic acid groups (broad SMARTS) is 1. The maximum Gasteiger partial charge on any atom is 0.307 e. The zero-order valence-corrected chi connectivity index (χ0v) is 12.2. The normalized spacial score (nSPS) is 10.4. The van der Waals surface area contributed by atoms with Crippen LogP contribution in [0.25, 0.3) is 0 Å². The molecular weight excluding hydrogens is 328 g/mol. The molecule has 19 heavy (non-hydrogen) atoms. The summed E-state index contributed by atoms with van der Waals surface area (Å²) in [6.07, 6.45) is -0.00936. The van der Waals surface area contributed by atoms with Gasteiger partial charge in [0.1, 0.15) is 5.75 Å². The fraction of sp³-hybridized carbons (Fsp3) is 0.0714. The Kier molecular flexibility index (Phi) is 4.50. The fourth-order valence-electron chi connectivity index (χ4n) is 1.56. The van der Waals surface area contributed by atoms with Crippen LogP contribution in [-0.2, 0) is 11.2 Å². The number of halogens is 1. The number of benzene rings is 2. The monoisotopic (exact) mass is 338 g/mol. The van der Waals surface area contributed by atoms with Crippen LogP contribution in [0.4, 0.5) is 0 Å². The van der Waals surface area contributed by atoms with Gasteiger partial charge in [-0.2, -0.15) is 0 Å². The number of hydrogen-bond acceptors (Lipinski definition) is 3. The number of phenols is 1. The second-order valence-electron chi connectivity index (χ2n) is 3.92. The van der Waals surface area contributed by atoms with Gasteiger partial charge < -0.3 is 10.2 Å². The molecule has 0 fully saturated rings. The summed E-state index contributed by atoms with van der Waals surface area (Å²) in [6.45, 7) is 0. The topological polar surface area (TPSA) is 57.5 Å². The standard InChI is InChI=1S/C14H11BrO3S/c15-13-6-5-12(7-9(13)8-14(17)18)19-11-3-1-10(16)2-4-11/h1-7,16H,8H2,(H,17,18). The van der Waals surface area contributed by atoms with Crippen molar-refractivity contribution >= 4 is 33.7 Å². The second kappa shape index (κ2) is 6.12. The van der Waals surface area contributed by atoms with Crippen LogP contribution >= 0.6 is 27.7 Å². The highest BCUT2D eigenvalue weighted by Crippen LogP contribution is 2.31. The van der Waals surface area contributed by atoms with Gasteiger partial charge in [0, 0.05) is 14.3 Å². The Bertz CT molecular complexity index is 596. The third-order valence-electron chi connectivity index (χ3n) is 2.43. The first-order valence-corrected chi connectivity index (χ1v) is 7.12. The predicted molar refractivity (Wildman–Crippen MR) is 77.7 cm³/mol. The summed E-state index contributed by atoms with van der Waals surface area (Å²) >= 11 is 4.87. The van der Waals surface area contributed by atoms with E-state index in [1.165, 1.54) is 11.8 Å². The van der Waals surface area contributed by atoms with Crippen LogP contribution in [0.3, 0.4) is 0 Å². The molecule has 0 radical (unpaired) electrons. The summed E-state index contributed by atoms with van der Waals surface area (Å²) in [7, 11) is 0. The molecule has 2 rings (SSSR count). The molecule has 5 heteroatoms. The van der Waals surface area contributed by atoms with Crippen LogP contribution in [0.15, 0.2) is 56.7 Å². The molecule has 2 N–H and O–H groups in total. The van der Waals surface area contributed by atoms with Crippen LogP contribution in [0.5, 0.6) is 5.75 Å². The van der Waals surface area contributed by atoms with E-state index >= 15 is 0 Å². The minimum Gasteiger partial charge on any atom is -0.508 e. The van der Waals surface area contributed by atoms with E-state index in [-0.39, 0.29) is 12.2 Å². The van der Waals surface area contributed by atoms with Crippen molar-refractivity contribution in [3.8, 4) is 5.75 Å². The summed E-state index contributed by atoms with van der Waals surface area (Å²) in [4.78, 5) is 12.7. The van der Waals surface area contributed by atoms with Crippen molar-refractivity contribution in [1.82, 2.24) is 0 Å². The third-order valence-corrected chi connectivity index (χ3v) is 4.20. The van der Waals surface area contributed by atoms with Crippen LogP contribution in [0.1, 0.15) is 5.56 Å². The third kappa shape index (κ3) is 4.01. The van der Waals surface area contributed by atoms with Crippen molar-refractivity contribution in [3.05, 3.63) is 52.5 Å². The lowest BCUT2D eigenvalue weighted by Gasteiger charge is -2.06. The highest BCUT2D eigenvalue weighted by molar-refractivity contribution is 9.10. The van der Waals surface area contributed by atoms with Crippen molar-refractivity contribution in [2.24, 2.45) is 0 Å². The minimum atomic E-state index is -0.854. The molecule has 0 aromatic heterocycles. The van der Waals surface area contributed by atoms with Gasteiger partial charge >= 0.3 is 5.97 Å². The van der Waals surface area contributed by atoms with Crippen molar-refractivity contribution in [3.63, 3.8) is 0 Å². The summed E-state index contributed by atoms with van der Waals surface area (Å²) in [6, 6.07) is 12.5. The van der Waals surface area contributed by atoms with Gasteiger partial charge in [-0.1, -0.05) is 27.7 Å². The Morgan fingerprint density at radius 1 is 1.11 bits per heavy atom. The Hall–Kier alpha value is -1.46. The summed E-state index contributed by atoms with van der Waals surface area (Å²) in [5.41, 5.74) is 0.747. The SMILES string of the molecule is O=C(O)Cc1cc(Sc2ccc(O)cc2)ccc1Br. The molecular formula is C14H11BrO3S. The van der Waals surface area contributed by atoms with Gasteiger partial charge in [0.15, 0.2) is 0 Å². The average molecular weight is 339 g/mol. The lowest BCUT2D eigenvalue weighted by Crippen LogP contribution is -2.00. The molecule has 3 nitrogen and oxygen atoms in total. The number of rotatable bonds is 4. The number of phenolic OH excluding ortho intramolecular Hbond substituents is 1. The van der Waals surface area contributed by atoms with E-state index < -0.39 is 5.97 Å². The van der Waals surface area contributed by atoms with E-state index in [0.717, 1.165) is 19.8 Å². The molecule has 2 aromatic carbocycles. The van der Waals surface area contributed by atoms with Crippen molar-refractivity contribution in [2.45, 2.75) is 16.2 Å². The number of hydrogen-bond donors (Lipinski definition) is 2. The summed E-state index contributed by atoms with van der Waals surface area (Å²) < 4.78 is 0.796. The molecule has 0 saturated heterocycles. The van der Waals surface area contributed by atoms with E-state index in [9.17, 15) is 9.90 Å². The maximum atomic E-state index is 10.8. The summed E-state index contributed by atoms with van der Waals surface area (Å²) in [5.74, 6) is -0.626. The summed E-state index contributed by atoms with van der Waals surface area (Å²) in [5, 5.41) is 18.1. The first-order valence-electron chi connectivity index (χ1n) is 5.52. The first kappa shape index (κ1) is 14.0. The van der Waals surface area contributed by atoms with Crippen molar-refractivity contribution in [2.75, 3.05) is 0 Å². The van der Waals surface area contributed by atoms with Crippen molar-refractivity contribution < 1.29 is 15.0 Å². The molecule has 0 bridgehead atoms. The lowest BCUT2D eigenvalue weighted by atomic mass is 10.1. The van der Waals surface area contributed by atoms with Gasteiger partial charge in [0.2, 0.25) is 0 Å². The van der Waals surface area contributed by atoms with E-state index in [2.05, 4.69) is 15.9 Å². The zero-order chi connectivity index (χ0) is 13.8. The molecule has 0 aliphatic carbocycles. The largest absolute Gasteiger partial charge is 0.508 e. The molecule has 0 saturated carbocycles. The predicted octanol–water partition coefficient (Wildman–Crippen LogP) is 3.93. The molecule has 0 spiro atoms. The van der Waals surface area contributed by atoms with Crippen LogP contribution < -0.4 is 0 Å². The molecule has 0 unspecified atom stereocenters. The minimum absolute atomic E-state index is 0.00936. The van der Waals surface area contributed by atoms with E-state index in [1.807, 2.05) is 30.3 Å². The fourth-order valence-corrected chi connectivity index (χ4v) is 2.83. The Labute approximate surface area is 123 Å². The van der Waals surface area contributed by atoms with Crippen LogP contribution in [-0.4, -0.2) is 16.2 Å². The van der Waals surface area contributed by atoms with Crippen LogP contribution in [0.2, 0.25) is 0 Å². The molecule has 0 amide bonds. The number of carboxylic acids is 1. The van der Waals surface area contributed by atoms with Crippen molar-refractivity contribution in [1.29, 1.82) is 0 Å². The average Bonchev–Trinajstić information content (AvgIpc) is 2.36. The smallest absolute Gasteiger partial charge is 0.307 e. The van der Waals surface area contributed by atoms with Gasteiger partial charge in [0.25, 0.3) is 0 Å². The maximum absolute atomic E-state index is 10.8. The van der Waals surface area contributed by atoms with Gasteiger partial charge in [0.05, 0.1) is 6.42 Å². The number of aromatic hydroxyl groups is 1. The molecule has 2 aromatic rings. The van der Waals surface area contributed by atoms with Gasteiger partial charge in [-0.05, 0) is 48.0 Å². The lowest BCUT2D eigenvalue weighted by molar-refractivity contribution is -0.136. The van der Waals surface area contributed by atoms with Crippen LogP contribution in [0, 0.1) is 0 Å². The molecule has 0 aliphatic heterocycles. The quantitative estimate of drug-likeness (QED) is 0.886. The van der Waals surface area contributed by atoms with Gasteiger partial charge in [-0.15, -0.1) is 0 Å². The Morgan fingerprint density at radius 3 is 2.37 bits per heavy atom.